The van der Waals surface area contributed by atoms with Crippen LogP contribution in [0.2, 0.25) is 0 Å². The fraction of sp³-hybridized carbons (Fsp3) is 1.00. The molecule has 0 amide bonds. The Bertz CT molecular complexity index is 1660. The van der Waals surface area contributed by atoms with Crippen molar-refractivity contribution in [3.63, 3.8) is 0 Å². The third-order valence-corrected chi connectivity index (χ3v) is 19.2. The van der Waals surface area contributed by atoms with Gasteiger partial charge in [-0.2, -0.15) is 0 Å². The zero-order valence-corrected chi connectivity index (χ0v) is 40.6. The predicted octanol–water partition coefficient (Wildman–Crippen LogP) is 0.194. The van der Waals surface area contributed by atoms with E-state index in [-0.39, 0.29) is 46.3 Å². The number of hydrogen-bond acceptors (Lipinski definition) is 18. The number of aliphatic hydroxyl groups excluding tert-OH is 10. The van der Waals surface area contributed by atoms with Gasteiger partial charge in [0.15, 0.2) is 18.9 Å². The van der Waals surface area contributed by atoms with Crippen molar-refractivity contribution >= 4 is 0 Å². The van der Waals surface area contributed by atoms with Gasteiger partial charge in [0.25, 0.3) is 0 Å². The molecule has 0 radical (unpaired) electrons. The van der Waals surface area contributed by atoms with Crippen LogP contribution in [0.4, 0.5) is 0 Å². The molecule has 7 aliphatic rings. The van der Waals surface area contributed by atoms with E-state index in [0.29, 0.717) is 25.7 Å². The Morgan fingerprint density at radius 3 is 1.71 bits per heavy atom. The van der Waals surface area contributed by atoms with E-state index in [9.17, 15) is 61.3 Å². The van der Waals surface area contributed by atoms with E-state index in [1.54, 1.807) is 13.8 Å². The van der Waals surface area contributed by atoms with Gasteiger partial charge in [-0.05, 0) is 138 Å². The van der Waals surface area contributed by atoms with E-state index in [0.717, 1.165) is 25.7 Å². The highest BCUT2D eigenvalue weighted by Crippen LogP contribution is 2.76. The van der Waals surface area contributed by atoms with Gasteiger partial charge in [0, 0.05) is 0 Å². The minimum absolute atomic E-state index is 0.0771. The van der Waals surface area contributed by atoms with Crippen molar-refractivity contribution in [2.45, 2.75) is 249 Å². The summed E-state index contributed by atoms with van der Waals surface area (Å²) in [5.41, 5.74) is -3.76. The van der Waals surface area contributed by atoms with Gasteiger partial charge in [-0.3, -0.25) is 0 Å². The summed E-state index contributed by atoms with van der Waals surface area (Å²) >= 11 is 0. The minimum Gasteiger partial charge on any atom is -0.394 e. The molecular weight excluding hydrogens is 865 g/mol. The summed E-state index contributed by atoms with van der Waals surface area (Å²) < 4.78 is 37.4. The van der Waals surface area contributed by atoms with E-state index in [4.69, 9.17) is 28.4 Å². The van der Waals surface area contributed by atoms with E-state index in [1.165, 1.54) is 13.8 Å². The summed E-state index contributed by atoms with van der Waals surface area (Å²) in [6.45, 7) is 18.5. The first kappa shape index (κ1) is 53.1. The first-order chi connectivity index (χ1) is 30.5. The third-order valence-electron chi connectivity index (χ3n) is 19.2. The molecule has 12 N–H and O–H groups in total. The van der Waals surface area contributed by atoms with Crippen LogP contribution in [0.25, 0.3) is 0 Å². The highest BCUT2D eigenvalue weighted by molar-refractivity contribution is 5.20. The number of fused-ring (bicyclic) bond motifs is 5. The van der Waals surface area contributed by atoms with Gasteiger partial charge in [-0.15, -0.1) is 0 Å². The van der Waals surface area contributed by atoms with Gasteiger partial charge in [-0.1, -0.05) is 34.6 Å². The molecule has 3 heterocycles. The average Bonchev–Trinajstić information content (AvgIpc) is 3.63. The molecule has 0 aromatic carbocycles. The standard InChI is InChI=1S/C48H84O18/c1-21-31(52)34(55)36(57)40(61-21)65-38-33(54)25(20-49)63-42(39(38)66-41-37(58)35(56)32(53)22(2)62-41)64-29-14-15-45(7)26(43(29,3)4)12-17-46(8)27(45)19-24(50)30-23(11-16-47(30,46)9)48(10,60)18-13-28(51)44(5,6)59/h21-42,49-60H,11-20H2,1-10H3/t21-,22-,23-,24+,25+,26-,27+,28+,29-,30-,31-,32-,33+,34+,35+,36+,37+,38-,39+,40-,41-,42-,45-,46+,47+,48-/m0/s1. The number of aliphatic hydroxyl groups is 12. The lowest BCUT2D eigenvalue weighted by Gasteiger charge is -2.70. The molecule has 0 aromatic rings. The van der Waals surface area contributed by atoms with E-state index < -0.39 is 134 Å². The van der Waals surface area contributed by atoms with Crippen molar-refractivity contribution in [2.75, 3.05) is 6.61 Å². The Hall–Kier alpha value is -0.720. The fourth-order valence-electron chi connectivity index (χ4n) is 14.8. The van der Waals surface area contributed by atoms with Crippen LogP contribution in [0.1, 0.15) is 127 Å². The van der Waals surface area contributed by atoms with Crippen molar-refractivity contribution in [1.82, 2.24) is 0 Å². The Balaban J connectivity index is 1.15. The van der Waals surface area contributed by atoms with Crippen LogP contribution >= 0.6 is 0 Å². The normalized spacial score (nSPS) is 53.3. The van der Waals surface area contributed by atoms with Crippen LogP contribution in [-0.4, -0.2) is 190 Å². The molecule has 4 aliphatic carbocycles. The van der Waals surface area contributed by atoms with Crippen LogP contribution in [0.15, 0.2) is 0 Å². The summed E-state index contributed by atoms with van der Waals surface area (Å²) in [7, 11) is 0. The van der Waals surface area contributed by atoms with Gasteiger partial charge >= 0.3 is 0 Å². The maximum absolute atomic E-state index is 12.3. The lowest BCUT2D eigenvalue weighted by molar-refractivity contribution is -0.397. The molecule has 26 atom stereocenters. The first-order valence-corrected chi connectivity index (χ1v) is 24.6. The maximum atomic E-state index is 12.3. The molecule has 7 rings (SSSR count). The quantitative estimate of drug-likeness (QED) is 0.116. The van der Waals surface area contributed by atoms with Crippen LogP contribution in [0, 0.1) is 45.3 Å². The molecule has 0 spiro atoms. The molecule has 0 aromatic heterocycles. The Morgan fingerprint density at radius 1 is 0.621 bits per heavy atom. The summed E-state index contributed by atoms with van der Waals surface area (Å²) in [5.74, 6) is -0.170. The SMILES string of the molecule is C[C@@H]1O[C@@H](O[C@H]2[C@H](O[C@H]3CC[C@]4(C)[C@H]5C[C@@H](O)[C@@H]6[C@@H]([C@@](C)(O)CC[C@@H](O)C(C)(C)O)CC[C@@]6(C)[C@]5(C)CC[C@H]4C3(C)C)O[C@H](CO)[C@@H](O)[C@@H]2O[C@@H]2O[C@@H](C)[C@H](O)[C@@H](O)[C@H]2O)[C@H](O)[C@H](O)[C@H]1O. The van der Waals surface area contributed by atoms with Crippen molar-refractivity contribution in [3.05, 3.63) is 0 Å². The topological polar surface area (TPSA) is 298 Å². The summed E-state index contributed by atoms with van der Waals surface area (Å²) in [6, 6.07) is 0. The lowest BCUT2D eigenvalue weighted by Crippen LogP contribution is -2.68. The van der Waals surface area contributed by atoms with Gasteiger partial charge < -0.3 is 89.7 Å². The van der Waals surface area contributed by atoms with Crippen molar-refractivity contribution in [3.8, 4) is 0 Å². The molecule has 0 bridgehead atoms. The van der Waals surface area contributed by atoms with Crippen molar-refractivity contribution in [1.29, 1.82) is 0 Å². The molecule has 384 valence electrons. The Kier molecular flexibility index (Phi) is 15.1. The number of hydrogen-bond donors (Lipinski definition) is 12. The molecule has 3 aliphatic heterocycles. The van der Waals surface area contributed by atoms with E-state index in [1.807, 2.05) is 6.92 Å². The van der Waals surface area contributed by atoms with Gasteiger partial charge in [0.2, 0.25) is 0 Å². The highest BCUT2D eigenvalue weighted by Gasteiger charge is 2.72. The molecule has 66 heavy (non-hydrogen) atoms. The maximum Gasteiger partial charge on any atom is 0.187 e. The Labute approximate surface area is 389 Å². The monoisotopic (exact) mass is 949 g/mol. The summed E-state index contributed by atoms with van der Waals surface area (Å²) in [4.78, 5) is 0. The summed E-state index contributed by atoms with van der Waals surface area (Å²) in [6.07, 6.45) is -19.1. The fourth-order valence-corrected chi connectivity index (χ4v) is 14.8. The average molecular weight is 949 g/mol. The largest absolute Gasteiger partial charge is 0.394 e. The molecule has 4 saturated carbocycles. The second kappa shape index (κ2) is 18.7. The van der Waals surface area contributed by atoms with Gasteiger partial charge in [0.1, 0.15) is 61.0 Å². The molecule has 0 unspecified atom stereocenters. The van der Waals surface area contributed by atoms with Crippen LogP contribution in [0.3, 0.4) is 0 Å². The number of ether oxygens (including phenoxy) is 6. The van der Waals surface area contributed by atoms with Crippen LogP contribution in [0.5, 0.6) is 0 Å². The number of rotatable bonds is 12. The predicted molar refractivity (Wildman–Crippen MR) is 234 cm³/mol. The molecular formula is C48H84O18. The van der Waals surface area contributed by atoms with Crippen LogP contribution < -0.4 is 0 Å². The Morgan fingerprint density at radius 2 is 1.17 bits per heavy atom. The molecule has 7 fully saturated rings. The van der Waals surface area contributed by atoms with Crippen molar-refractivity contribution in [2.24, 2.45) is 45.3 Å². The van der Waals surface area contributed by atoms with E-state index in [2.05, 4.69) is 34.6 Å². The van der Waals surface area contributed by atoms with E-state index >= 15 is 0 Å². The second-order valence-electron chi connectivity index (χ2n) is 23.8. The lowest BCUT2D eigenvalue weighted by atomic mass is 9.35. The first-order valence-electron chi connectivity index (χ1n) is 24.6. The summed E-state index contributed by atoms with van der Waals surface area (Å²) in [5, 5.41) is 132. The molecule has 18 nitrogen and oxygen atoms in total. The molecule has 3 saturated heterocycles. The highest BCUT2D eigenvalue weighted by atomic mass is 16.8. The third kappa shape index (κ3) is 8.88. The minimum atomic E-state index is -1.78. The smallest absolute Gasteiger partial charge is 0.187 e. The van der Waals surface area contributed by atoms with Crippen LogP contribution in [-0.2, 0) is 28.4 Å². The zero-order chi connectivity index (χ0) is 49.0. The zero-order valence-electron chi connectivity index (χ0n) is 40.6. The second-order valence-corrected chi connectivity index (χ2v) is 23.8. The molecule has 18 heteroatoms. The van der Waals surface area contributed by atoms with Gasteiger partial charge in [-0.25, -0.2) is 0 Å². The van der Waals surface area contributed by atoms with Crippen molar-refractivity contribution < 1.29 is 89.7 Å². The van der Waals surface area contributed by atoms with Gasteiger partial charge in [0.05, 0.1) is 48.3 Å².